The summed E-state index contributed by atoms with van der Waals surface area (Å²) >= 11 is 0. The molecule has 14 nitrogen and oxygen atoms in total. The van der Waals surface area contributed by atoms with Gasteiger partial charge >= 0.3 is 24.4 Å². The Balaban J connectivity index is 0.000000215. The van der Waals surface area contributed by atoms with Gasteiger partial charge in [-0.2, -0.15) is 0 Å². The first-order chi connectivity index (χ1) is 29.6. The molecule has 0 bridgehead atoms. The molecule has 7 rings (SSSR count). The van der Waals surface area contributed by atoms with E-state index in [0.717, 1.165) is 17.7 Å². The summed E-state index contributed by atoms with van der Waals surface area (Å²) in [5.74, 6) is -2.84. The molecule has 4 fully saturated rings. The van der Waals surface area contributed by atoms with Gasteiger partial charge in [0, 0.05) is 12.1 Å². The lowest BCUT2D eigenvalue weighted by Crippen LogP contribution is -2.50. The molecule has 63 heavy (non-hydrogen) atoms. The summed E-state index contributed by atoms with van der Waals surface area (Å²) in [5, 5.41) is 15.4. The smallest absolute Gasteiger partial charge is 0.410 e. The fourth-order valence-electron chi connectivity index (χ4n) is 8.20. The number of β-amino-alcohol motifs (C(OH)–C–C–N with tert-alkyl or cyclic N) is 1. The maximum Gasteiger partial charge on any atom is 0.410 e. The van der Waals surface area contributed by atoms with Gasteiger partial charge in [0.2, 0.25) is 0 Å². The molecule has 342 valence electrons. The molecule has 0 aromatic heterocycles. The molecule has 0 unspecified atom stereocenters. The Bertz CT molecular complexity index is 2080. The van der Waals surface area contributed by atoms with Gasteiger partial charge in [-0.1, -0.05) is 30.3 Å². The number of aliphatic hydroxyl groups is 1. The van der Waals surface area contributed by atoms with Crippen LogP contribution in [0.1, 0.15) is 71.1 Å². The molecule has 0 radical (unpaired) electrons. The zero-order chi connectivity index (χ0) is 45.8. The first kappa shape index (κ1) is 46.9. The van der Waals surface area contributed by atoms with Gasteiger partial charge < -0.3 is 39.4 Å². The average Bonchev–Trinajstić information content (AvgIpc) is 3.94. The fraction of sp³-hybridized carbons (Fsp3) is 0.511. The molecule has 0 saturated carbocycles. The van der Waals surface area contributed by atoms with Crippen molar-refractivity contribution >= 4 is 24.4 Å². The van der Waals surface area contributed by atoms with Crippen LogP contribution in [0.15, 0.2) is 66.7 Å². The second kappa shape index (κ2) is 19.4. The predicted octanol–water partition coefficient (Wildman–Crippen LogP) is 6.93. The van der Waals surface area contributed by atoms with Gasteiger partial charge in [0.05, 0.1) is 56.1 Å². The zero-order valence-corrected chi connectivity index (χ0v) is 35.9. The Labute approximate surface area is 363 Å². The summed E-state index contributed by atoms with van der Waals surface area (Å²) < 4.78 is 82.5. The molecular weight excluding hydrogens is 833 g/mol. The number of benzene rings is 3. The van der Waals surface area contributed by atoms with Crippen molar-refractivity contribution in [1.82, 2.24) is 20.4 Å². The minimum absolute atomic E-state index is 0.0505. The van der Waals surface area contributed by atoms with Crippen LogP contribution in [0.3, 0.4) is 0 Å². The largest absolute Gasteiger partial charge is 0.444 e. The molecule has 4 heterocycles. The molecule has 8 atom stereocenters. The van der Waals surface area contributed by atoms with Crippen LogP contribution < -0.4 is 10.6 Å². The molecule has 3 aromatic carbocycles. The average molecular weight is 887 g/mol. The first-order valence-corrected chi connectivity index (χ1v) is 20.8. The van der Waals surface area contributed by atoms with Crippen molar-refractivity contribution in [2.45, 2.75) is 134 Å². The van der Waals surface area contributed by atoms with E-state index in [4.69, 9.17) is 23.7 Å². The number of aliphatic hydroxyl groups excluding tert-OH is 1. The normalized spacial score (nSPS) is 25.7. The van der Waals surface area contributed by atoms with Gasteiger partial charge in [-0.15, -0.1) is 0 Å². The Kier molecular flexibility index (Phi) is 14.4. The quantitative estimate of drug-likeness (QED) is 0.152. The van der Waals surface area contributed by atoms with Crippen LogP contribution >= 0.6 is 0 Å². The molecule has 18 heteroatoms. The van der Waals surface area contributed by atoms with Crippen molar-refractivity contribution < 1.29 is 65.5 Å². The van der Waals surface area contributed by atoms with Crippen LogP contribution in [-0.4, -0.2) is 112 Å². The number of carbonyl (C=O) groups is 4. The summed E-state index contributed by atoms with van der Waals surface area (Å²) in [6.45, 7) is 11.2. The second-order valence-electron chi connectivity index (χ2n) is 18.1. The fourth-order valence-corrected chi connectivity index (χ4v) is 8.20. The topological polar surface area (TPSA) is 165 Å². The van der Waals surface area contributed by atoms with E-state index >= 15 is 0 Å². The zero-order valence-electron chi connectivity index (χ0n) is 35.9. The van der Waals surface area contributed by atoms with E-state index in [1.807, 2.05) is 30.3 Å². The number of alkyl carbamates (subject to hydrolysis) is 2. The van der Waals surface area contributed by atoms with Crippen LogP contribution in [0.25, 0.3) is 0 Å². The van der Waals surface area contributed by atoms with Gasteiger partial charge in [-0.25, -0.2) is 36.7 Å². The van der Waals surface area contributed by atoms with Crippen molar-refractivity contribution in [2.24, 2.45) is 0 Å². The van der Waals surface area contributed by atoms with Crippen LogP contribution in [0.4, 0.5) is 36.7 Å². The molecule has 0 aliphatic carbocycles. The van der Waals surface area contributed by atoms with E-state index in [-0.39, 0.29) is 38.5 Å². The first-order valence-electron chi connectivity index (χ1n) is 20.8. The van der Waals surface area contributed by atoms with Crippen molar-refractivity contribution in [1.29, 1.82) is 0 Å². The third kappa shape index (κ3) is 13.0. The van der Waals surface area contributed by atoms with Crippen LogP contribution in [0, 0.1) is 23.3 Å². The Hall–Kier alpha value is -5.62. The summed E-state index contributed by atoms with van der Waals surface area (Å²) in [4.78, 5) is 52.5. The highest BCUT2D eigenvalue weighted by Crippen LogP contribution is 2.33. The van der Waals surface area contributed by atoms with Gasteiger partial charge in [0.15, 0.2) is 0 Å². The highest BCUT2D eigenvalue weighted by atomic mass is 19.1. The van der Waals surface area contributed by atoms with Crippen LogP contribution in [0.2, 0.25) is 0 Å². The predicted molar refractivity (Wildman–Crippen MR) is 218 cm³/mol. The number of carbonyl (C=O) groups excluding carboxylic acids is 4. The number of hydrogen-bond acceptors (Lipinski definition) is 10. The van der Waals surface area contributed by atoms with Crippen molar-refractivity contribution in [2.75, 3.05) is 13.1 Å². The lowest BCUT2D eigenvalue weighted by Gasteiger charge is -2.32. The number of nitrogens with one attached hydrogen (secondary N) is 2. The van der Waals surface area contributed by atoms with Crippen molar-refractivity contribution in [3.63, 3.8) is 0 Å². The SMILES string of the molecule is CC(C)(C)OC(=O)N1C[C@H](O)C[C@@H]1[C@H]1OC(=O)N[C@H]1Cc1cc(F)cc(F)c1.CC(C)(C)OC(=O)N1C[C@H](OCc2ccccc2)C[C@@H]1[C@H]1OC(=O)N[C@H]1Cc1cc(F)cc(F)c1. The minimum Gasteiger partial charge on any atom is -0.444 e. The van der Waals surface area contributed by atoms with E-state index in [2.05, 4.69) is 10.6 Å². The molecule has 4 amide bonds. The summed E-state index contributed by atoms with van der Waals surface area (Å²) in [5.41, 5.74) is 0.286. The van der Waals surface area contributed by atoms with Gasteiger partial charge in [-0.05, 0) is 108 Å². The molecule has 4 aliphatic heterocycles. The number of cyclic esters (lactones) is 2. The number of likely N-dealkylation sites (tertiary alicyclic amines) is 2. The lowest BCUT2D eigenvalue weighted by atomic mass is 9.95. The van der Waals surface area contributed by atoms with E-state index in [0.29, 0.717) is 24.2 Å². The molecule has 3 aromatic rings. The molecule has 0 spiro atoms. The van der Waals surface area contributed by atoms with Crippen molar-refractivity contribution in [3.05, 3.63) is 107 Å². The monoisotopic (exact) mass is 886 g/mol. The maximum atomic E-state index is 13.7. The molecule has 4 aliphatic rings. The van der Waals surface area contributed by atoms with Crippen molar-refractivity contribution in [3.8, 4) is 0 Å². The summed E-state index contributed by atoms with van der Waals surface area (Å²) in [6.07, 6.45) is -4.24. The van der Waals surface area contributed by atoms with E-state index in [1.165, 1.54) is 34.1 Å². The minimum atomic E-state index is -0.788. The third-order valence-electron chi connectivity index (χ3n) is 10.6. The lowest BCUT2D eigenvalue weighted by molar-refractivity contribution is 0.00324. The molecule has 4 saturated heterocycles. The number of ether oxygens (including phenoxy) is 5. The van der Waals surface area contributed by atoms with E-state index in [1.54, 1.807) is 41.5 Å². The summed E-state index contributed by atoms with van der Waals surface area (Å²) in [6, 6.07) is 13.7. The second-order valence-corrected chi connectivity index (χ2v) is 18.1. The van der Waals surface area contributed by atoms with Gasteiger partial charge in [-0.3, -0.25) is 9.80 Å². The highest BCUT2D eigenvalue weighted by Gasteiger charge is 2.50. The number of halogens is 4. The Morgan fingerprint density at radius 2 is 1.10 bits per heavy atom. The highest BCUT2D eigenvalue weighted by molar-refractivity contribution is 5.73. The Morgan fingerprint density at radius 3 is 1.54 bits per heavy atom. The standard InChI is InChI=1S/C26H30F2N2O5.C19H24F2N2O5/c1-26(2,3)35-25(32)30-14-20(33-15-16-7-5-4-6-8-16)13-22(30)23-21(29-24(31)34-23)11-17-9-18(27)12-19(28)10-17;1-19(2,3)28-18(26)23-9-13(24)8-15(23)16-14(22-17(25)27-16)6-10-4-11(20)7-12(21)5-10/h4-10,12,20-23H,11,13-15H2,1-3H3,(H,29,31);4-5,7,13-16,24H,6,8-9H2,1-3H3,(H,22,25)/t20-,21+,22-,23+;13-,14+,15-,16+/m11/s1. The van der Waals surface area contributed by atoms with E-state index in [9.17, 15) is 41.8 Å². The number of rotatable bonds is 9. The Morgan fingerprint density at radius 1 is 0.667 bits per heavy atom. The third-order valence-corrected chi connectivity index (χ3v) is 10.6. The van der Waals surface area contributed by atoms with E-state index < -0.39 is 101 Å². The van der Waals surface area contributed by atoms with Gasteiger partial charge in [0.1, 0.15) is 46.7 Å². The van der Waals surface area contributed by atoms with Gasteiger partial charge in [0.25, 0.3) is 0 Å². The number of nitrogens with zero attached hydrogens (tertiary/aromatic N) is 2. The molecular formula is C45H54F4N4O10. The maximum absolute atomic E-state index is 13.7. The molecule has 3 N–H and O–H groups in total. The number of amides is 4. The summed E-state index contributed by atoms with van der Waals surface area (Å²) in [7, 11) is 0. The van der Waals surface area contributed by atoms with Crippen LogP contribution in [0.5, 0.6) is 0 Å². The van der Waals surface area contributed by atoms with Crippen LogP contribution in [-0.2, 0) is 43.1 Å². The number of hydrogen-bond donors (Lipinski definition) is 3.